The highest BCUT2D eigenvalue weighted by Gasteiger charge is 2.26. The first-order valence-corrected chi connectivity index (χ1v) is 13.0. The average molecular weight is 498 g/mol. The van der Waals surface area contributed by atoms with Crippen molar-refractivity contribution in [2.24, 2.45) is 7.05 Å². The summed E-state index contributed by atoms with van der Waals surface area (Å²) in [6.07, 6.45) is 2.38. The number of aryl methyl sites for hydroxylation is 1. The Morgan fingerprint density at radius 3 is 2.46 bits per heavy atom. The maximum absolute atomic E-state index is 13.2. The summed E-state index contributed by atoms with van der Waals surface area (Å²) in [4.78, 5) is 28.0. The Kier molecular flexibility index (Phi) is 6.86. The first kappa shape index (κ1) is 24.7. The lowest BCUT2D eigenvalue weighted by atomic mass is 10.1. The summed E-state index contributed by atoms with van der Waals surface area (Å²) in [5, 5.41) is 2.88. The van der Waals surface area contributed by atoms with Crippen LogP contribution in [0.25, 0.3) is 5.69 Å². The Morgan fingerprint density at radius 1 is 1.11 bits per heavy atom. The number of aromatic nitrogens is 2. The van der Waals surface area contributed by atoms with Crippen LogP contribution in [0.5, 0.6) is 0 Å². The van der Waals surface area contributed by atoms with E-state index in [4.69, 9.17) is 0 Å². The minimum atomic E-state index is -4.12. The van der Waals surface area contributed by atoms with Crippen LogP contribution >= 0.6 is 0 Å². The van der Waals surface area contributed by atoms with Crippen molar-refractivity contribution in [1.29, 1.82) is 0 Å². The summed E-state index contributed by atoms with van der Waals surface area (Å²) in [7, 11) is -0.395. The highest BCUT2D eigenvalue weighted by Crippen LogP contribution is 2.25. The monoisotopic (exact) mass is 497 g/mol. The minimum Gasteiger partial charge on any atom is -0.351 e. The van der Waals surface area contributed by atoms with Gasteiger partial charge in [-0.3, -0.25) is 19.0 Å². The molecule has 0 bridgehead atoms. The second kappa shape index (κ2) is 9.71. The molecule has 186 valence electrons. The number of amides is 1. The first-order valence-electron chi connectivity index (χ1n) is 11.6. The second-order valence-corrected chi connectivity index (χ2v) is 10.7. The second-order valence-electron chi connectivity index (χ2n) is 8.99. The normalized spacial score (nSPS) is 13.7. The van der Waals surface area contributed by atoms with Gasteiger partial charge in [0, 0.05) is 31.7 Å². The number of para-hydroxylation sites is 1. The van der Waals surface area contributed by atoms with E-state index in [1.54, 1.807) is 55.9 Å². The molecule has 2 aromatic carbocycles. The number of likely N-dealkylation sites (N-methyl/N-ethyl adjacent to an activating group) is 1. The van der Waals surface area contributed by atoms with Gasteiger partial charge in [0.15, 0.2) is 0 Å². The molecule has 0 saturated heterocycles. The Labute approximate surface area is 205 Å². The van der Waals surface area contributed by atoms with Crippen molar-refractivity contribution in [1.82, 2.24) is 19.6 Å². The summed E-state index contributed by atoms with van der Waals surface area (Å²) < 4.78 is 31.9. The molecule has 9 nitrogen and oxygen atoms in total. The van der Waals surface area contributed by atoms with Gasteiger partial charge in [0.05, 0.1) is 16.3 Å². The predicted octanol–water partition coefficient (Wildman–Crippen LogP) is 2.42. The van der Waals surface area contributed by atoms with Crippen LogP contribution in [0.15, 0.2) is 58.2 Å². The molecular formula is C25H31N5O4S. The van der Waals surface area contributed by atoms with Gasteiger partial charge in [-0.25, -0.2) is 13.1 Å². The number of nitrogens with zero attached hydrogens (tertiary/aromatic N) is 3. The lowest BCUT2D eigenvalue weighted by Crippen LogP contribution is -2.34. The van der Waals surface area contributed by atoms with Crippen LogP contribution in [0.4, 0.5) is 5.69 Å². The molecule has 0 atom stereocenters. The van der Waals surface area contributed by atoms with Crippen molar-refractivity contribution in [3.8, 4) is 5.69 Å². The van der Waals surface area contributed by atoms with Gasteiger partial charge >= 0.3 is 0 Å². The van der Waals surface area contributed by atoms with Crippen LogP contribution in [0.1, 0.15) is 34.5 Å². The van der Waals surface area contributed by atoms with Crippen LogP contribution in [0.3, 0.4) is 0 Å². The Balaban J connectivity index is 1.57. The lowest BCUT2D eigenvalue weighted by Gasteiger charge is -2.16. The molecule has 0 unspecified atom stereocenters. The maximum atomic E-state index is 13.2. The fraction of sp³-hybridized carbons (Fsp3) is 0.360. The zero-order valence-corrected chi connectivity index (χ0v) is 21.2. The van der Waals surface area contributed by atoms with Crippen LogP contribution < -0.4 is 15.6 Å². The van der Waals surface area contributed by atoms with E-state index in [9.17, 15) is 18.0 Å². The van der Waals surface area contributed by atoms with Crippen molar-refractivity contribution in [2.75, 3.05) is 24.9 Å². The fourth-order valence-electron chi connectivity index (χ4n) is 4.03. The van der Waals surface area contributed by atoms with Gasteiger partial charge in [0.2, 0.25) is 0 Å². The molecule has 1 aliphatic rings. The van der Waals surface area contributed by atoms with E-state index in [-0.39, 0.29) is 22.1 Å². The summed E-state index contributed by atoms with van der Waals surface area (Å²) in [6, 6.07) is 14.0. The molecule has 1 heterocycles. The largest absolute Gasteiger partial charge is 0.351 e. The number of rotatable bonds is 9. The van der Waals surface area contributed by atoms with E-state index in [0.29, 0.717) is 29.5 Å². The van der Waals surface area contributed by atoms with Crippen molar-refractivity contribution in [3.05, 3.63) is 75.7 Å². The van der Waals surface area contributed by atoms with Crippen LogP contribution in [-0.2, 0) is 17.1 Å². The van der Waals surface area contributed by atoms with Crippen LogP contribution in [-0.4, -0.2) is 54.8 Å². The number of carbonyl (C=O) groups is 1. The number of anilines is 1. The van der Waals surface area contributed by atoms with E-state index in [1.807, 2.05) is 13.1 Å². The lowest BCUT2D eigenvalue weighted by molar-refractivity contribution is 0.0948. The molecule has 1 aromatic heterocycles. The zero-order valence-electron chi connectivity index (χ0n) is 20.4. The average Bonchev–Trinajstić information content (AvgIpc) is 3.65. The van der Waals surface area contributed by atoms with E-state index >= 15 is 0 Å². The Bertz CT molecular complexity index is 1410. The number of hydrogen-bond acceptors (Lipinski definition) is 5. The smallest absolute Gasteiger partial charge is 0.296 e. The molecule has 0 aliphatic heterocycles. The molecule has 2 N–H and O–H groups in total. The highest BCUT2D eigenvalue weighted by atomic mass is 32.2. The van der Waals surface area contributed by atoms with Crippen molar-refractivity contribution >= 4 is 21.6 Å². The number of nitrogens with one attached hydrogen (secondary N) is 2. The molecule has 4 rings (SSSR count). The van der Waals surface area contributed by atoms with E-state index in [1.165, 1.54) is 29.7 Å². The summed E-state index contributed by atoms with van der Waals surface area (Å²) in [5.41, 5.74) is 1.52. The zero-order chi connectivity index (χ0) is 25.3. The standard InChI is InChI=1S/C25H31N5O4S/c1-17-10-13-21(16-22(17)24(31)26-14-15-28(3)19-11-12-19)35(33,34)27-23-18(2)29(4)30(25(23)32)20-8-6-5-7-9-20/h5-10,13,16,19,27H,11-12,14-15H2,1-4H3,(H,26,31). The van der Waals surface area contributed by atoms with Gasteiger partial charge in [-0.1, -0.05) is 24.3 Å². The number of sulfonamides is 1. The third-order valence-corrected chi connectivity index (χ3v) is 7.82. The number of carbonyl (C=O) groups excluding carboxylic acids is 1. The Hall–Kier alpha value is -3.37. The van der Waals surface area contributed by atoms with Gasteiger partial charge in [-0.15, -0.1) is 0 Å². The number of hydrogen-bond donors (Lipinski definition) is 2. The van der Waals surface area contributed by atoms with E-state index in [2.05, 4.69) is 14.9 Å². The summed E-state index contributed by atoms with van der Waals surface area (Å²) in [5.74, 6) is -0.328. The van der Waals surface area contributed by atoms with Crippen molar-refractivity contribution in [3.63, 3.8) is 0 Å². The molecular weight excluding hydrogens is 466 g/mol. The van der Waals surface area contributed by atoms with E-state index < -0.39 is 15.6 Å². The van der Waals surface area contributed by atoms with Crippen LogP contribution in [0, 0.1) is 13.8 Å². The molecule has 1 fully saturated rings. The third kappa shape index (κ3) is 5.18. The summed E-state index contributed by atoms with van der Waals surface area (Å²) >= 11 is 0. The molecule has 10 heteroatoms. The first-order chi connectivity index (χ1) is 16.6. The molecule has 1 aliphatic carbocycles. The van der Waals surface area contributed by atoms with Gasteiger partial charge in [0.1, 0.15) is 5.69 Å². The fourth-order valence-corrected chi connectivity index (χ4v) is 5.17. The topological polar surface area (TPSA) is 105 Å². The van der Waals surface area contributed by atoms with Crippen LogP contribution in [0.2, 0.25) is 0 Å². The number of benzene rings is 2. The third-order valence-electron chi connectivity index (χ3n) is 6.47. The van der Waals surface area contributed by atoms with Gasteiger partial charge in [-0.05, 0) is 63.6 Å². The molecule has 1 amide bonds. The summed E-state index contributed by atoms with van der Waals surface area (Å²) in [6.45, 7) is 4.64. The molecule has 1 saturated carbocycles. The quantitative estimate of drug-likeness (QED) is 0.472. The minimum absolute atomic E-state index is 0.0361. The van der Waals surface area contributed by atoms with Gasteiger partial charge in [0.25, 0.3) is 21.5 Å². The van der Waals surface area contributed by atoms with Gasteiger partial charge < -0.3 is 10.2 Å². The molecule has 35 heavy (non-hydrogen) atoms. The molecule has 0 radical (unpaired) electrons. The van der Waals surface area contributed by atoms with Crippen molar-refractivity contribution < 1.29 is 13.2 Å². The Morgan fingerprint density at radius 2 is 1.80 bits per heavy atom. The SMILES string of the molecule is Cc1ccc(S(=O)(=O)Nc2c(C)n(C)n(-c3ccccc3)c2=O)cc1C(=O)NCCN(C)C1CC1. The highest BCUT2D eigenvalue weighted by molar-refractivity contribution is 7.92. The predicted molar refractivity (Wildman–Crippen MR) is 136 cm³/mol. The maximum Gasteiger partial charge on any atom is 0.296 e. The molecule has 0 spiro atoms. The van der Waals surface area contributed by atoms with Crippen molar-refractivity contribution in [2.45, 2.75) is 37.6 Å². The molecule has 3 aromatic rings. The van der Waals surface area contributed by atoms with E-state index in [0.717, 1.165) is 6.54 Å². The van der Waals surface area contributed by atoms with Gasteiger partial charge in [-0.2, -0.15) is 0 Å².